The van der Waals surface area contributed by atoms with Crippen molar-refractivity contribution < 1.29 is 14.3 Å². The monoisotopic (exact) mass is 295 g/mol. The van der Waals surface area contributed by atoms with Crippen LogP contribution in [0.3, 0.4) is 0 Å². The Kier molecular flexibility index (Phi) is 4.73. The zero-order valence-electron chi connectivity index (χ0n) is 12.5. The van der Waals surface area contributed by atoms with Crippen LogP contribution in [0.1, 0.15) is 31.8 Å². The van der Waals surface area contributed by atoms with Crippen LogP contribution < -0.4 is 10.5 Å². The van der Waals surface area contributed by atoms with E-state index in [0.717, 1.165) is 5.56 Å². The molecule has 0 fully saturated rings. The Bertz CT molecular complexity index is 730. The molecule has 0 heterocycles. The van der Waals surface area contributed by atoms with Gasteiger partial charge in [0.05, 0.1) is 7.11 Å². The molecule has 4 heteroatoms. The summed E-state index contributed by atoms with van der Waals surface area (Å²) in [6.07, 6.45) is 3.07. The van der Waals surface area contributed by atoms with Crippen LogP contribution in [0.25, 0.3) is 6.08 Å². The minimum absolute atomic E-state index is 0.119. The van der Waals surface area contributed by atoms with Crippen molar-refractivity contribution in [1.29, 1.82) is 0 Å². The van der Waals surface area contributed by atoms with Gasteiger partial charge in [-0.05, 0) is 37.3 Å². The summed E-state index contributed by atoms with van der Waals surface area (Å²) in [6.45, 7) is 1.96. The fraction of sp³-hybridized carbons (Fsp3) is 0.111. The van der Waals surface area contributed by atoms with Crippen molar-refractivity contribution in [1.82, 2.24) is 0 Å². The first-order valence-corrected chi connectivity index (χ1v) is 6.78. The summed E-state index contributed by atoms with van der Waals surface area (Å²) in [6, 6.07) is 12.2. The number of primary amides is 1. The Morgan fingerprint density at radius 2 is 1.68 bits per heavy atom. The lowest BCUT2D eigenvalue weighted by atomic mass is 10.1. The van der Waals surface area contributed by atoms with Gasteiger partial charge in [-0.1, -0.05) is 29.8 Å². The first-order chi connectivity index (χ1) is 10.5. The predicted molar refractivity (Wildman–Crippen MR) is 86.1 cm³/mol. The van der Waals surface area contributed by atoms with Gasteiger partial charge in [0.2, 0.25) is 5.91 Å². The third kappa shape index (κ3) is 3.61. The van der Waals surface area contributed by atoms with Gasteiger partial charge in [-0.2, -0.15) is 0 Å². The van der Waals surface area contributed by atoms with E-state index in [1.54, 1.807) is 36.4 Å². The number of ether oxygens (including phenoxy) is 1. The van der Waals surface area contributed by atoms with Gasteiger partial charge in [0.1, 0.15) is 5.75 Å². The molecule has 2 N–H and O–H groups in total. The van der Waals surface area contributed by atoms with Gasteiger partial charge < -0.3 is 10.5 Å². The number of benzene rings is 2. The van der Waals surface area contributed by atoms with Crippen molar-refractivity contribution in [2.75, 3.05) is 7.11 Å². The quantitative estimate of drug-likeness (QED) is 0.681. The van der Waals surface area contributed by atoms with Gasteiger partial charge >= 0.3 is 0 Å². The number of amides is 1. The Morgan fingerprint density at radius 3 is 2.27 bits per heavy atom. The maximum Gasteiger partial charge on any atom is 0.248 e. The van der Waals surface area contributed by atoms with E-state index in [-0.39, 0.29) is 5.78 Å². The summed E-state index contributed by atoms with van der Waals surface area (Å²) in [7, 11) is 1.53. The lowest BCUT2D eigenvalue weighted by Gasteiger charge is -2.06. The smallest absolute Gasteiger partial charge is 0.248 e. The maximum atomic E-state index is 12.1. The fourth-order valence-electron chi connectivity index (χ4n) is 2.00. The van der Waals surface area contributed by atoms with Gasteiger partial charge in [-0.15, -0.1) is 0 Å². The van der Waals surface area contributed by atoms with E-state index in [0.29, 0.717) is 22.4 Å². The molecule has 0 spiro atoms. The Morgan fingerprint density at radius 1 is 1.05 bits per heavy atom. The normalized spacial score (nSPS) is 10.6. The molecule has 1 amide bonds. The summed E-state index contributed by atoms with van der Waals surface area (Å²) in [4.78, 5) is 23.4. The minimum Gasteiger partial charge on any atom is -0.496 e. The molecule has 0 radical (unpaired) electrons. The predicted octanol–water partition coefficient (Wildman–Crippen LogP) is 3.00. The van der Waals surface area contributed by atoms with Crippen molar-refractivity contribution in [2.45, 2.75) is 6.92 Å². The Balaban J connectivity index is 2.28. The highest BCUT2D eigenvalue weighted by molar-refractivity contribution is 6.07. The van der Waals surface area contributed by atoms with Crippen LogP contribution in [-0.2, 0) is 0 Å². The summed E-state index contributed by atoms with van der Waals surface area (Å²) < 4.78 is 5.22. The average molecular weight is 295 g/mol. The molecule has 112 valence electrons. The molecule has 2 aromatic rings. The van der Waals surface area contributed by atoms with Crippen molar-refractivity contribution in [3.8, 4) is 5.75 Å². The first-order valence-electron chi connectivity index (χ1n) is 6.78. The Labute approximate surface area is 129 Å². The minimum atomic E-state index is -0.526. The second kappa shape index (κ2) is 6.72. The number of methoxy groups -OCH3 is 1. The first kappa shape index (κ1) is 15.5. The van der Waals surface area contributed by atoms with Crippen LogP contribution in [0.2, 0.25) is 0 Å². The van der Waals surface area contributed by atoms with Gasteiger partial charge in [0.25, 0.3) is 0 Å². The number of rotatable bonds is 5. The van der Waals surface area contributed by atoms with Crippen LogP contribution in [-0.4, -0.2) is 18.8 Å². The number of carbonyl (C=O) groups excluding carboxylic acids is 2. The second-order valence-electron chi connectivity index (χ2n) is 4.88. The number of aryl methyl sites for hydroxylation is 1. The van der Waals surface area contributed by atoms with Gasteiger partial charge in [0, 0.05) is 16.7 Å². The molecule has 0 aliphatic carbocycles. The molecule has 0 bridgehead atoms. The summed E-state index contributed by atoms with van der Waals surface area (Å²) in [5.41, 5.74) is 7.95. The van der Waals surface area contributed by atoms with Crippen LogP contribution in [0.15, 0.2) is 48.5 Å². The van der Waals surface area contributed by atoms with E-state index in [1.807, 2.05) is 19.1 Å². The van der Waals surface area contributed by atoms with Crippen LogP contribution in [0.4, 0.5) is 0 Å². The van der Waals surface area contributed by atoms with Crippen LogP contribution in [0.5, 0.6) is 5.75 Å². The van der Waals surface area contributed by atoms with Crippen LogP contribution >= 0.6 is 0 Å². The average Bonchev–Trinajstić information content (AvgIpc) is 2.52. The zero-order valence-corrected chi connectivity index (χ0v) is 12.5. The van der Waals surface area contributed by atoms with E-state index in [9.17, 15) is 9.59 Å². The number of allylic oxidation sites excluding steroid dienone is 1. The highest BCUT2D eigenvalue weighted by Gasteiger charge is 2.07. The topological polar surface area (TPSA) is 69.4 Å². The molecule has 2 aromatic carbocycles. The number of nitrogens with two attached hydrogens (primary N) is 1. The van der Waals surface area contributed by atoms with E-state index < -0.39 is 5.91 Å². The summed E-state index contributed by atoms with van der Waals surface area (Å²) in [5.74, 6) is -0.0772. The number of hydrogen-bond donors (Lipinski definition) is 1. The SMILES string of the molecule is COc1ccc(C(N)=O)cc1/C=C/C(=O)c1ccc(C)cc1. The highest BCUT2D eigenvalue weighted by Crippen LogP contribution is 2.21. The van der Waals surface area contributed by atoms with Gasteiger partial charge in [-0.25, -0.2) is 0 Å². The largest absolute Gasteiger partial charge is 0.496 e. The summed E-state index contributed by atoms with van der Waals surface area (Å²) >= 11 is 0. The fourth-order valence-corrected chi connectivity index (χ4v) is 2.00. The third-order valence-electron chi connectivity index (χ3n) is 3.26. The molecule has 0 aromatic heterocycles. The third-order valence-corrected chi connectivity index (χ3v) is 3.26. The number of ketones is 1. The molecule has 0 unspecified atom stereocenters. The second-order valence-corrected chi connectivity index (χ2v) is 4.88. The van der Waals surface area contributed by atoms with Crippen molar-refractivity contribution in [2.24, 2.45) is 5.73 Å². The molecule has 0 aliphatic rings. The molecule has 0 atom stereocenters. The van der Waals surface area contributed by atoms with Gasteiger partial charge in [-0.3, -0.25) is 9.59 Å². The lowest BCUT2D eigenvalue weighted by Crippen LogP contribution is -2.11. The number of carbonyl (C=O) groups is 2. The summed E-state index contributed by atoms with van der Waals surface area (Å²) in [5, 5.41) is 0. The molecular weight excluding hydrogens is 278 g/mol. The van der Waals surface area contributed by atoms with E-state index in [2.05, 4.69) is 0 Å². The molecule has 0 saturated carbocycles. The van der Waals surface area contributed by atoms with Crippen LogP contribution in [0, 0.1) is 6.92 Å². The molecule has 22 heavy (non-hydrogen) atoms. The highest BCUT2D eigenvalue weighted by atomic mass is 16.5. The molecule has 4 nitrogen and oxygen atoms in total. The zero-order chi connectivity index (χ0) is 16.1. The molecule has 0 saturated heterocycles. The lowest BCUT2D eigenvalue weighted by molar-refractivity contribution is 0.0999. The maximum absolute atomic E-state index is 12.1. The molecule has 2 rings (SSSR count). The number of hydrogen-bond acceptors (Lipinski definition) is 3. The van der Waals surface area contributed by atoms with Crippen molar-refractivity contribution >= 4 is 17.8 Å². The van der Waals surface area contributed by atoms with E-state index in [1.165, 1.54) is 13.2 Å². The molecular formula is C18H17NO3. The van der Waals surface area contributed by atoms with E-state index in [4.69, 9.17) is 10.5 Å². The van der Waals surface area contributed by atoms with Crippen molar-refractivity contribution in [3.05, 3.63) is 70.8 Å². The van der Waals surface area contributed by atoms with Crippen molar-refractivity contribution in [3.63, 3.8) is 0 Å². The van der Waals surface area contributed by atoms with E-state index >= 15 is 0 Å². The Hall–Kier alpha value is -2.88. The standard InChI is InChI=1S/C18H17NO3/c1-12-3-5-13(6-4-12)16(20)9-7-14-11-15(18(19)21)8-10-17(14)22-2/h3-11H,1-2H3,(H2,19,21)/b9-7+. The van der Waals surface area contributed by atoms with Gasteiger partial charge in [0.15, 0.2) is 5.78 Å². The molecule has 0 aliphatic heterocycles.